The Morgan fingerprint density at radius 3 is 2.50 bits per heavy atom. The van der Waals surface area contributed by atoms with Crippen LogP contribution < -0.4 is 0 Å². The molecule has 1 aromatic carbocycles. The van der Waals surface area contributed by atoms with E-state index in [2.05, 4.69) is 4.90 Å². The Morgan fingerprint density at radius 1 is 1.25 bits per heavy atom. The van der Waals surface area contributed by atoms with E-state index in [1.165, 1.54) is 25.7 Å². The number of nitrogens with zero attached hydrogens (tertiary/aromatic N) is 1. The minimum absolute atomic E-state index is 0.646. The van der Waals surface area contributed by atoms with E-state index in [4.69, 9.17) is 5.41 Å². The number of benzene rings is 1. The van der Waals surface area contributed by atoms with Gasteiger partial charge in [-0.25, -0.2) is 0 Å². The molecule has 0 unspecified atom stereocenters. The monoisotopic (exact) mass is 216 g/mol. The van der Waals surface area contributed by atoms with E-state index in [0.29, 0.717) is 5.84 Å². The maximum absolute atomic E-state index is 8.13. The summed E-state index contributed by atoms with van der Waals surface area (Å²) in [4.78, 5) is 2.09. The highest BCUT2D eigenvalue weighted by molar-refractivity contribution is 5.96. The van der Waals surface area contributed by atoms with Crippen molar-refractivity contribution in [2.45, 2.75) is 25.7 Å². The standard InChI is InChI=1S/C14H20N2/c1-16(11-12-7-5-6-8-12)14(15)13-9-3-2-4-10-13/h2-4,9-10,12,15H,5-8,11H2,1H3. The van der Waals surface area contributed by atoms with E-state index in [1.54, 1.807) is 0 Å². The smallest absolute Gasteiger partial charge is 0.127 e. The van der Waals surface area contributed by atoms with Gasteiger partial charge in [0.25, 0.3) is 0 Å². The van der Waals surface area contributed by atoms with Crippen LogP contribution in [-0.4, -0.2) is 24.3 Å². The Hall–Kier alpha value is -1.31. The first-order valence-electron chi connectivity index (χ1n) is 6.12. The normalized spacial score (nSPS) is 16.3. The van der Waals surface area contributed by atoms with Crippen molar-refractivity contribution >= 4 is 5.84 Å². The van der Waals surface area contributed by atoms with Gasteiger partial charge in [0, 0.05) is 19.2 Å². The lowest BCUT2D eigenvalue weighted by Gasteiger charge is -2.23. The first-order valence-corrected chi connectivity index (χ1v) is 6.12. The molecule has 0 heterocycles. The van der Waals surface area contributed by atoms with E-state index in [9.17, 15) is 0 Å². The van der Waals surface area contributed by atoms with Crippen molar-refractivity contribution in [3.05, 3.63) is 35.9 Å². The van der Waals surface area contributed by atoms with Gasteiger partial charge in [-0.3, -0.25) is 5.41 Å². The van der Waals surface area contributed by atoms with Gasteiger partial charge >= 0.3 is 0 Å². The predicted molar refractivity (Wildman–Crippen MR) is 67.9 cm³/mol. The average molecular weight is 216 g/mol. The second-order valence-corrected chi connectivity index (χ2v) is 4.75. The Bertz CT molecular complexity index is 339. The quantitative estimate of drug-likeness (QED) is 0.610. The SMILES string of the molecule is CN(CC1CCCC1)C(=N)c1ccccc1. The molecule has 0 saturated heterocycles. The number of amidine groups is 1. The first kappa shape index (κ1) is 11.2. The highest BCUT2D eigenvalue weighted by atomic mass is 15.1. The second kappa shape index (κ2) is 5.15. The molecule has 0 bridgehead atoms. The van der Waals surface area contributed by atoms with Gasteiger partial charge in [0.2, 0.25) is 0 Å². The van der Waals surface area contributed by atoms with Crippen LogP contribution in [0.2, 0.25) is 0 Å². The van der Waals surface area contributed by atoms with Gasteiger partial charge in [-0.1, -0.05) is 43.2 Å². The van der Waals surface area contributed by atoms with Crippen LogP contribution in [0.1, 0.15) is 31.2 Å². The summed E-state index contributed by atoms with van der Waals surface area (Å²) in [5.41, 5.74) is 1.02. The van der Waals surface area contributed by atoms with Crippen molar-refractivity contribution in [2.75, 3.05) is 13.6 Å². The zero-order valence-electron chi connectivity index (χ0n) is 9.95. The Kier molecular flexibility index (Phi) is 3.60. The molecule has 0 amide bonds. The van der Waals surface area contributed by atoms with Crippen LogP contribution in [0.25, 0.3) is 0 Å². The number of hydrogen-bond donors (Lipinski definition) is 1. The fraction of sp³-hybridized carbons (Fsp3) is 0.500. The van der Waals surface area contributed by atoms with Crippen LogP contribution >= 0.6 is 0 Å². The molecule has 16 heavy (non-hydrogen) atoms. The Labute approximate surface area is 97.8 Å². The Morgan fingerprint density at radius 2 is 1.88 bits per heavy atom. The summed E-state index contributed by atoms with van der Waals surface area (Å²) in [7, 11) is 2.04. The minimum atomic E-state index is 0.646. The van der Waals surface area contributed by atoms with Gasteiger partial charge < -0.3 is 4.90 Å². The van der Waals surface area contributed by atoms with E-state index < -0.39 is 0 Å². The number of hydrogen-bond acceptors (Lipinski definition) is 1. The Balaban J connectivity index is 1.94. The first-order chi connectivity index (χ1) is 7.77. The third kappa shape index (κ3) is 2.63. The maximum atomic E-state index is 8.13. The zero-order valence-corrected chi connectivity index (χ0v) is 9.95. The molecule has 0 atom stereocenters. The van der Waals surface area contributed by atoms with E-state index >= 15 is 0 Å². The second-order valence-electron chi connectivity index (χ2n) is 4.75. The lowest BCUT2D eigenvalue weighted by molar-refractivity contribution is 0.387. The van der Waals surface area contributed by atoms with Crippen molar-refractivity contribution in [3.8, 4) is 0 Å². The van der Waals surface area contributed by atoms with Crippen LogP contribution in [0.3, 0.4) is 0 Å². The average Bonchev–Trinajstić information content (AvgIpc) is 2.82. The number of rotatable bonds is 3. The van der Waals surface area contributed by atoms with Crippen molar-refractivity contribution in [1.82, 2.24) is 4.90 Å². The molecule has 2 rings (SSSR count). The fourth-order valence-corrected chi connectivity index (χ4v) is 2.49. The third-order valence-electron chi connectivity index (χ3n) is 3.44. The molecule has 0 aliphatic heterocycles. The van der Waals surface area contributed by atoms with Gasteiger partial charge in [0.05, 0.1) is 0 Å². The van der Waals surface area contributed by atoms with Crippen LogP contribution in [0, 0.1) is 11.3 Å². The van der Waals surface area contributed by atoms with Gasteiger partial charge in [0.15, 0.2) is 0 Å². The molecule has 2 heteroatoms. The van der Waals surface area contributed by atoms with Crippen LogP contribution in [0.15, 0.2) is 30.3 Å². The molecule has 86 valence electrons. The molecule has 0 spiro atoms. The van der Waals surface area contributed by atoms with Crippen molar-refractivity contribution in [2.24, 2.45) is 5.92 Å². The molecule has 1 N–H and O–H groups in total. The molecule has 1 saturated carbocycles. The van der Waals surface area contributed by atoms with Crippen LogP contribution in [0.4, 0.5) is 0 Å². The van der Waals surface area contributed by atoms with Gasteiger partial charge in [-0.05, 0) is 18.8 Å². The molecule has 2 nitrogen and oxygen atoms in total. The molecule has 1 fully saturated rings. The summed E-state index contributed by atoms with van der Waals surface area (Å²) in [6, 6.07) is 10.00. The van der Waals surface area contributed by atoms with Gasteiger partial charge in [-0.2, -0.15) is 0 Å². The summed E-state index contributed by atoms with van der Waals surface area (Å²) < 4.78 is 0. The molecular weight excluding hydrogens is 196 g/mol. The highest BCUT2D eigenvalue weighted by Gasteiger charge is 2.18. The maximum Gasteiger partial charge on any atom is 0.127 e. The third-order valence-corrected chi connectivity index (χ3v) is 3.44. The van der Waals surface area contributed by atoms with Crippen molar-refractivity contribution < 1.29 is 0 Å². The summed E-state index contributed by atoms with van der Waals surface area (Å²) in [5.74, 6) is 1.45. The fourth-order valence-electron chi connectivity index (χ4n) is 2.49. The van der Waals surface area contributed by atoms with E-state index in [0.717, 1.165) is 18.0 Å². The summed E-state index contributed by atoms with van der Waals surface area (Å²) in [6.45, 7) is 1.04. The molecule has 1 aliphatic carbocycles. The minimum Gasteiger partial charge on any atom is -0.359 e. The van der Waals surface area contributed by atoms with Crippen LogP contribution in [0.5, 0.6) is 0 Å². The van der Waals surface area contributed by atoms with E-state index in [1.807, 2.05) is 37.4 Å². The largest absolute Gasteiger partial charge is 0.359 e. The molecule has 0 radical (unpaired) electrons. The van der Waals surface area contributed by atoms with Crippen molar-refractivity contribution in [1.29, 1.82) is 5.41 Å². The summed E-state index contributed by atoms with van der Waals surface area (Å²) in [5, 5.41) is 8.13. The lowest BCUT2D eigenvalue weighted by atomic mass is 10.1. The predicted octanol–water partition coefficient (Wildman–Crippen LogP) is 3.13. The molecule has 0 aromatic heterocycles. The molecule has 1 aliphatic rings. The summed E-state index contributed by atoms with van der Waals surface area (Å²) in [6.07, 6.45) is 5.42. The zero-order chi connectivity index (χ0) is 11.4. The van der Waals surface area contributed by atoms with E-state index in [-0.39, 0.29) is 0 Å². The van der Waals surface area contributed by atoms with Crippen LogP contribution in [-0.2, 0) is 0 Å². The lowest BCUT2D eigenvalue weighted by Crippen LogP contribution is -2.31. The number of nitrogens with one attached hydrogen (secondary N) is 1. The molecule has 1 aromatic rings. The van der Waals surface area contributed by atoms with Crippen molar-refractivity contribution in [3.63, 3.8) is 0 Å². The highest BCUT2D eigenvalue weighted by Crippen LogP contribution is 2.25. The summed E-state index contributed by atoms with van der Waals surface area (Å²) >= 11 is 0. The van der Waals surface area contributed by atoms with Gasteiger partial charge in [-0.15, -0.1) is 0 Å². The van der Waals surface area contributed by atoms with Gasteiger partial charge in [0.1, 0.15) is 5.84 Å². The topological polar surface area (TPSA) is 27.1 Å². The molecular formula is C14H20N2.